The molecule has 0 bridgehead atoms. The van der Waals surface area contributed by atoms with E-state index in [0.29, 0.717) is 18.4 Å². The number of alkyl halides is 6. The van der Waals surface area contributed by atoms with Gasteiger partial charge >= 0.3 is 12.4 Å². The average Bonchev–Trinajstić information content (AvgIpc) is 2.58. The second kappa shape index (κ2) is 7.27. The lowest BCUT2D eigenvalue weighted by atomic mass is 9.74. The molecule has 10 heteroatoms. The molecule has 3 nitrogen and oxygen atoms in total. The Labute approximate surface area is 160 Å². The van der Waals surface area contributed by atoms with E-state index < -0.39 is 41.1 Å². The molecule has 150 valence electrons. The van der Waals surface area contributed by atoms with Gasteiger partial charge in [-0.05, 0) is 42.7 Å². The van der Waals surface area contributed by atoms with Gasteiger partial charge < -0.3 is 5.32 Å². The topological polar surface area (TPSA) is 42.0 Å². The molecule has 1 amide bonds. The highest BCUT2D eigenvalue weighted by atomic mass is 35.5. The van der Waals surface area contributed by atoms with Crippen LogP contribution in [0.2, 0.25) is 5.02 Å². The fraction of sp³-hybridized carbons (Fsp3) is 0.333. The standard InChI is InChI=1S/C18H13ClF6N2O/c19-13-8-9(17(20,21)22)3-4-10(13)11-5-6-14(11)27-16(28)12-2-1-7-26-15(12)18(23,24)25/h1-4,7-8,11,14H,5-6H2,(H,27,28)/t11-,14-/m1/s1. The predicted octanol–water partition coefficient (Wildman–Crippen LogP) is 5.45. The maximum absolute atomic E-state index is 13.0. The molecule has 1 aromatic heterocycles. The number of halogens is 7. The third-order valence-corrected chi connectivity index (χ3v) is 4.97. The lowest BCUT2D eigenvalue weighted by Crippen LogP contribution is -2.46. The molecule has 2 atom stereocenters. The van der Waals surface area contributed by atoms with Gasteiger partial charge in [0.1, 0.15) is 0 Å². The molecule has 1 aromatic carbocycles. The van der Waals surface area contributed by atoms with Gasteiger partial charge in [0.15, 0.2) is 5.69 Å². The summed E-state index contributed by atoms with van der Waals surface area (Å²) in [6.45, 7) is 0. The molecule has 1 heterocycles. The predicted molar refractivity (Wildman–Crippen MR) is 88.9 cm³/mol. The summed E-state index contributed by atoms with van der Waals surface area (Å²) < 4.78 is 77.3. The molecule has 2 aromatic rings. The van der Waals surface area contributed by atoms with Crippen LogP contribution >= 0.6 is 11.6 Å². The van der Waals surface area contributed by atoms with E-state index in [9.17, 15) is 31.1 Å². The zero-order valence-corrected chi connectivity index (χ0v) is 14.8. The minimum atomic E-state index is -4.79. The van der Waals surface area contributed by atoms with Gasteiger partial charge in [-0.3, -0.25) is 9.78 Å². The molecule has 1 aliphatic carbocycles. The molecule has 1 aliphatic rings. The number of benzene rings is 1. The van der Waals surface area contributed by atoms with Crippen molar-refractivity contribution in [1.29, 1.82) is 0 Å². The summed E-state index contributed by atoms with van der Waals surface area (Å²) in [5, 5.41) is 2.41. The van der Waals surface area contributed by atoms with Gasteiger partial charge in [0.25, 0.3) is 5.91 Å². The molecule has 0 saturated heterocycles. The van der Waals surface area contributed by atoms with E-state index in [4.69, 9.17) is 11.6 Å². The largest absolute Gasteiger partial charge is 0.434 e. The van der Waals surface area contributed by atoms with Crippen molar-refractivity contribution >= 4 is 17.5 Å². The summed E-state index contributed by atoms with van der Waals surface area (Å²) in [4.78, 5) is 15.6. The summed E-state index contributed by atoms with van der Waals surface area (Å²) in [5.74, 6) is -1.33. The van der Waals surface area contributed by atoms with Crippen LogP contribution in [-0.4, -0.2) is 16.9 Å². The van der Waals surface area contributed by atoms with E-state index >= 15 is 0 Å². The summed E-state index contributed by atoms with van der Waals surface area (Å²) in [7, 11) is 0. The second-order valence-electron chi connectivity index (χ2n) is 6.40. The zero-order chi connectivity index (χ0) is 20.7. The van der Waals surface area contributed by atoms with Crippen LogP contribution in [-0.2, 0) is 12.4 Å². The van der Waals surface area contributed by atoms with Crippen LogP contribution in [0.1, 0.15) is 45.9 Å². The highest BCUT2D eigenvalue weighted by Crippen LogP contribution is 2.42. The number of nitrogens with zero attached hydrogens (tertiary/aromatic N) is 1. The van der Waals surface area contributed by atoms with Crippen LogP contribution in [0.3, 0.4) is 0 Å². The number of nitrogens with one attached hydrogen (secondary N) is 1. The molecule has 1 fully saturated rings. The summed E-state index contributed by atoms with van der Waals surface area (Å²) in [6, 6.07) is 4.62. The molecular formula is C18H13ClF6N2O. The summed E-state index contributed by atoms with van der Waals surface area (Å²) in [5.41, 5.74) is -2.39. The molecule has 28 heavy (non-hydrogen) atoms. The minimum absolute atomic E-state index is 0.101. The molecule has 0 aliphatic heterocycles. The number of carbonyl (C=O) groups is 1. The third-order valence-electron chi connectivity index (χ3n) is 4.64. The normalized spacial score (nSPS) is 19.8. The first kappa shape index (κ1) is 20.4. The number of hydrogen-bond donors (Lipinski definition) is 1. The van der Waals surface area contributed by atoms with E-state index in [1.807, 2.05) is 0 Å². The van der Waals surface area contributed by atoms with Crippen molar-refractivity contribution in [1.82, 2.24) is 10.3 Å². The number of hydrogen-bond acceptors (Lipinski definition) is 2. The Kier molecular flexibility index (Phi) is 5.31. The van der Waals surface area contributed by atoms with E-state index in [1.165, 1.54) is 12.1 Å². The van der Waals surface area contributed by atoms with Crippen molar-refractivity contribution in [2.75, 3.05) is 0 Å². The first-order valence-electron chi connectivity index (χ1n) is 8.18. The van der Waals surface area contributed by atoms with Crippen LogP contribution in [0.4, 0.5) is 26.3 Å². The van der Waals surface area contributed by atoms with Crippen molar-refractivity contribution in [3.8, 4) is 0 Å². The van der Waals surface area contributed by atoms with Crippen LogP contribution < -0.4 is 5.32 Å². The SMILES string of the molecule is O=C(N[C@@H]1CC[C@@H]1c1ccc(C(F)(F)F)cc1Cl)c1cccnc1C(F)(F)F. The summed E-state index contributed by atoms with van der Waals surface area (Å²) >= 11 is 5.98. The molecule has 0 unspecified atom stereocenters. The maximum Gasteiger partial charge on any atom is 0.434 e. The highest BCUT2D eigenvalue weighted by Gasteiger charge is 2.40. The lowest BCUT2D eigenvalue weighted by Gasteiger charge is -2.38. The number of pyridine rings is 1. The average molecular weight is 423 g/mol. The molecule has 0 radical (unpaired) electrons. The smallest absolute Gasteiger partial charge is 0.349 e. The second-order valence-corrected chi connectivity index (χ2v) is 6.80. The number of rotatable bonds is 3. The van der Waals surface area contributed by atoms with Gasteiger partial charge in [-0.2, -0.15) is 26.3 Å². The van der Waals surface area contributed by atoms with Crippen LogP contribution in [0.15, 0.2) is 36.5 Å². The van der Waals surface area contributed by atoms with Gasteiger partial charge in [0, 0.05) is 23.2 Å². The van der Waals surface area contributed by atoms with E-state index in [0.717, 1.165) is 24.4 Å². The number of aromatic nitrogens is 1. The van der Waals surface area contributed by atoms with Crippen molar-refractivity contribution in [3.05, 3.63) is 63.9 Å². The fourth-order valence-electron chi connectivity index (χ4n) is 3.11. The van der Waals surface area contributed by atoms with Crippen LogP contribution in [0, 0.1) is 0 Å². The van der Waals surface area contributed by atoms with Gasteiger partial charge in [-0.15, -0.1) is 0 Å². The Morgan fingerprint density at radius 1 is 1.07 bits per heavy atom. The van der Waals surface area contributed by atoms with Gasteiger partial charge in [0.05, 0.1) is 11.1 Å². The lowest BCUT2D eigenvalue weighted by molar-refractivity contribution is -0.141. The Balaban J connectivity index is 1.78. The van der Waals surface area contributed by atoms with Crippen molar-refractivity contribution < 1.29 is 31.1 Å². The molecular weight excluding hydrogens is 410 g/mol. The maximum atomic E-state index is 13.0. The van der Waals surface area contributed by atoms with Gasteiger partial charge in [-0.25, -0.2) is 0 Å². The first-order valence-corrected chi connectivity index (χ1v) is 8.56. The molecule has 3 rings (SSSR count). The Morgan fingerprint density at radius 3 is 2.32 bits per heavy atom. The first-order chi connectivity index (χ1) is 13.0. The van der Waals surface area contributed by atoms with Gasteiger partial charge in [0.2, 0.25) is 0 Å². The highest BCUT2D eigenvalue weighted by molar-refractivity contribution is 6.31. The van der Waals surface area contributed by atoms with E-state index in [1.54, 1.807) is 0 Å². The van der Waals surface area contributed by atoms with Crippen LogP contribution in [0.5, 0.6) is 0 Å². The molecule has 0 spiro atoms. The Bertz CT molecular complexity index is 896. The van der Waals surface area contributed by atoms with E-state index in [2.05, 4.69) is 10.3 Å². The monoisotopic (exact) mass is 422 g/mol. The Hall–Kier alpha value is -2.29. The zero-order valence-electron chi connectivity index (χ0n) is 14.0. The minimum Gasteiger partial charge on any atom is -0.349 e. The number of amides is 1. The third kappa shape index (κ3) is 4.09. The summed E-state index contributed by atoms with van der Waals surface area (Å²) in [6.07, 6.45) is -7.38. The molecule has 1 N–H and O–H groups in total. The van der Waals surface area contributed by atoms with Crippen molar-refractivity contribution in [2.24, 2.45) is 0 Å². The fourth-order valence-corrected chi connectivity index (χ4v) is 3.43. The number of carbonyl (C=O) groups excluding carboxylic acids is 1. The van der Waals surface area contributed by atoms with Crippen molar-refractivity contribution in [2.45, 2.75) is 37.2 Å². The quantitative estimate of drug-likeness (QED) is 0.668. The van der Waals surface area contributed by atoms with Gasteiger partial charge in [-0.1, -0.05) is 17.7 Å². The van der Waals surface area contributed by atoms with Crippen LogP contribution in [0.25, 0.3) is 0 Å². The molecule has 1 saturated carbocycles. The Morgan fingerprint density at radius 2 is 1.79 bits per heavy atom. The van der Waals surface area contributed by atoms with E-state index in [-0.39, 0.29) is 10.9 Å². The van der Waals surface area contributed by atoms with Crippen molar-refractivity contribution in [3.63, 3.8) is 0 Å².